The van der Waals surface area contributed by atoms with Crippen molar-refractivity contribution < 1.29 is 14.7 Å². The normalized spacial score (nSPS) is 16.7. The van der Waals surface area contributed by atoms with E-state index in [1.165, 1.54) is 28.0 Å². The zero-order valence-electron chi connectivity index (χ0n) is 20.6. The van der Waals surface area contributed by atoms with Crippen LogP contribution in [0.25, 0.3) is 5.76 Å². The maximum absolute atomic E-state index is 13.5. The van der Waals surface area contributed by atoms with Gasteiger partial charge in [-0.2, -0.15) is 0 Å². The fraction of sp³-hybridized carbons (Fsp3) is 0.143. The van der Waals surface area contributed by atoms with Crippen LogP contribution in [0.4, 0.5) is 5.13 Å². The van der Waals surface area contributed by atoms with E-state index in [1.54, 1.807) is 18.2 Å². The van der Waals surface area contributed by atoms with Crippen molar-refractivity contribution >= 4 is 84.8 Å². The highest BCUT2D eigenvalue weighted by atomic mass is 79.9. The standard InChI is InChI=1S/C28H20BrCl2N3O3S2/c1-14-6-7-15(2)20(10-14)24(35)22-23(16-4-3-5-18(29)11-16)34(26(37)25(22)36)27-32-33-28(39-27)38-13-17-8-9-19(30)12-21(17)31/h3-12,23,35H,13H2,1-2H3. The number of aliphatic hydroxyl groups is 1. The summed E-state index contributed by atoms with van der Waals surface area (Å²) in [5.41, 5.74) is 3.74. The molecule has 3 aromatic carbocycles. The number of Topliss-reactive ketones (excluding diaryl/α,β-unsaturated/α-hetero) is 1. The van der Waals surface area contributed by atoms with Crippen molar-refractivity contribution in [1.29, 1.82) is 0 Å². The first-order valence-corrected chi connectivity index (χ1v) is 15.0. The number of ketones is 1. The van der Waals surface area contributed by atoms with Gasteiger partial charge in [0.15, 0.2) is 4.34 Å². The van der Waals surface area contributed by atoms with Gasteiger partial charge in [0.05, 0.1) is 11.6 Å². The molecule has 4 aromatic rings. The summed E-state index contributed by atoms with van der Waals surface area (Å²) in [6.45, 7) is 3.75. The highest BCUT2D eigenvalue weighted by Crippen LogP contribution is 2.45. The Balaban J connectivity index is 1.56. The van der Waals surface area contributed by atoms with Crippen LogP contribution in [-0.4, -0.2) is 27.0 Å². The van der Waals surface area contributed by atoms with Gasteiger partial charge in [-0.25, -0.2) is 0 Å². The Morgan fingerprint density at radius 1 is 1.08 bits per heavy atom. The largest absolute Gasteiger partial charge is 0.507 e. The lowest BCUT2D eigenvalue weighted by Gasteiger charge is -2.23. The van der Waals surface area contributed by atoms with E-state index >= 15 is 0 Å². The van der Waals surface area contributed by atoms with Crippen molar-refractivity contribution in [2.75, 3.05) is 4.90 Å². The van der Waals surface area contributed by atoms with Crippen LogP contribution >= 0.6 is 62.2 Å². The number of amides is 1. The fourth-order valence-corrected chi connectivity index (χ4v) is 7.14. The molecule has 198 valence electrons. The molecule has 1 fully saturated rings. The van der Waals surface area contributed by atoms with Crippen LogP contribution in [0, 0.1) is 13.8 Å². The Bertz CT molecular complexity index is 1660. The molecule has 1 atom stereocenters. The molecule has 1 aromatic heterocycles. The van der Waals surface area contributed by atoms with Gasteiger partial charge in [0.25, 0.3) is 5.78 Å². The van der Waals surface area contributed by atoms with Crippen molar-refractivity contribution in [2.45, 2.75) is 30.0 Å². The number of benzene rings is 3. The van der Waals surface area contributed by atoms with Crippen molar-refractivity contribution in [2.24, 2.45) is 0 Å². The lowest BCUT2D eigenvalue weighted by atomic mass is 9.93. The van der Waals surface area contributed by atoms with E-state index in [4.69, 9.17) is 23.2 Å². The Hall–Kier alpha value is -2.69. The molecule has 0 bridgehead atoms. The summed E-state index contributed by atoms with van der Waals surface area (Å²) < 4.78 is 1.37. The fourth-order valence-electron chi connectivity index (χ4n) is 4.29. The van der Waals surface area contributed by atoms with Crippen molar-refractivity contribution in [3.05, 3.63) is 109 Å². The average Bonchev–Trinajstić information content (AvgIpc) is 3.46. The lowest BCUT2D eigenvalue weighted by Crippen LogP contribution is -2.29. The van der Waals surface area contributed by atoms with Gasteiger partial charge in [-0.05, 0) is 60.9 Å². The summed E-state index contributed by atoms with van der Waals surface area (Å²) in [5, 5.41) is 21.3. The molecular weight excluding hydrogens is 641 g/mol. The van der Waals surface area contributed by atoms with Gasteiger partial charge < -0.3 is 5.11 Å². The number of nitrogens with zero attached hydrogens (tertiary/aromatic N) is 3. The van der Waals surface area contributed by atoms with E-state index in [0.717, 1.165) is 21.2 Å². The van der Waals surface area contributed by atoms with Crippen LogP contribution in [0.1, 0.15) is 33.9 Å². The molecule has 1 unspecified atom stereocenters. The zero-order valence-corrected chi connectivity index (χ0v) is 25.3. The van der Waals surface area contributed by atoms with Crippen molar-refractivity contribution in [3.8, 4) is 0 Å². The number of halogens is 3. The number of hydrogen-bond donors (Lipinski definition) is 1. The molecule has 2 heterocycles. The highest BCUT2D eigenvalue weighted by molar-refractivity contribution is 9.10. The third-order valence-corrected chi connectivity index (χ3v) is 9.41. The summed E-state index contributed by atoms with van der Waals surface area (Å²) in [4.78, 5) is 28.2. The molecule has 5 rings (SSSR count). The number of anilines is 1. The maximum Gasteiger partial charge on any atom is 0.301 e. The first kappa shape index (κ1) is 27.9. The molecule has 1 aliphatic rings. The monoisotopic (exact) mass is 659 g/mol. The molecule has 0 radical (unpaired) electrons. The number of aliphatic hydroxyl groups excluding tert-OH is 1. The van der Waals surface area contributed by atoms with E-state index in [1.807, 2.05) is 56.3 Å². The van der Waals surface area contributed by atoms with Gasteiger partial charge in [0.1, 0.15) is 5.76 Å². The van der Waals surface area contributed by atoms with Gasteiger partial charge in [-0.15, -0.1) is 10.2 Å². The van der Waals surface area contributed by atoms with E-state index < -0.39 is 17.7 Å². The minimum absolute atomic E-state index is 0.00384. The second kappa shape index (κ2) is 11.4. The van der Waals surface area contributed by atoms with Gasteiger partial charge >= 0.3 is 5.91 Å². The SMILES string of the molecule is Cc1ccc(C)c(C(O)=C2C(=O)C(=O)N(c3nnc(SCc4ccc(Cl)cc4Cl)s3)C2c2cccc(Br)c2)c1. The number of aryl methyl sites for hydroxylation is 2. The van der Waals surface area contributed by atoms with Gasteiger partial charge in [-0.3, -0.25) is 14.5 Å². The minimum Gasteiger partial charge on any atom is -0.507 e. The van der Waals surface area contributed by atoms with Crippen LogP contribution in [0.3, 0.4) is 0 Å². The molecule has 1 N–H and O–H groups in total. The lowest BCUT2D eigenvalue weighted by molar-refractivity contribution is -0.132. The van der Waals surface area contributed by atoms with E-state index in [9.17, 15) is 14.7 Å². The number of carbonyl (C=O) groups is 2. The second-order valence-electron chi connectivity index (χ2n) is 8.92. The van der Waals surface area contributed by atoms with E-state index in [-0.39, 0.29) is 16.5 Å². The smallest absolute Gasteiger partial charge is 0.301 e. The predicted molar refractivity (Wildman–Crippen MR) is 161 cm³/mol. The van der Waals surface area contributed by atoms with Crippen molar-refractivity contribution in [3.63, 3.8) is 0 Å². The number of hydrogen-bond acceptors (Lipinski definition) is 7. The Morgan fingerprint density at radius 2 is 1.87 bits per heavy atom. The number of carbonyl (C=O) groups excluding carboxylic acids is 2. The Morgan fingerprint density at radius 3 is 2.62 bits per heavy atom. The zero-order chi connectivity index (χ0) is 27.8. The van der Waals surface area contributed by atoms with Crippen LogP contribution < -0.4 is 4.90 Å². The molecule has 0 saturated carbocycles. The summed E-state index contributed by atoms with van der Waals surface area (Å²) in [7, 11) is 0. The van der Waals surface area contributed by atoms with Crippen LogP contribution in [-0.2, 0) is 15.3 Å². The van der Waals surface area contributed by atoms with Gasteiger partial charge in [-0.1, -0.05) is 98.1 Å². The average molecular weight is 661 g/mol. The molecule has 11 heteroatoms. The number of aromatic nitrogens is 2. The van der Waals surface area contributed by atoms with Gasteiger partial charge in [0.2, 0.25) is 5.13 Å². The first-order chi connectivity index (χ1) is 18.6. The second-order valence-corrected chi connectivity index (χ2v) is 12.9. The molecule has 39 heavy (non-hydrogen) atoms. The molecule has 1 aliphatic heterocycles. The van der Waals surface area contributed by atoms with Crippen molar-refractivity contribution in [1.82, 2.24) is 10.2 Å². The summed E-state index contributed by atoms with van der Waals surface area (Å²) in [5.74, 6) is -1.26. The Kier molecular flexibility index (Phi) is 8.16. The maximum atomic E-state index is 13.5. The third kappa shape index (κ3) is 5.64. The molecule has 1 amide bonds. The quantitative estimate of drug-likeness (QED) is 0.0739. The van der Waals surface area contributed by atoms with Crippen LogP contribution in [0.5, 0.6) is 0 Å². The molecule has 0 aliphatic carbocycles. The summed E-state index contributed by atoms with van der Waals surface area (Å²) >= 11 is 18.4. The first-order valence-electron chi connectivity index (χ1n) is 11.7. The number of thioether (sulfide) groups is 1. The molecular formula is C28H20BrCl2N3O3S2. The van der Waals surface area contributed by atoms with Crippen LogP contribution in [0.2, 0.25) is 10.0 Å². The van der Waals surface area contributed by atoms with Gasteiger partial charge in [0, 0.05) is 25.8 Å². The molecule has 6 nitrogen and oxygen atoms in total. The molecule has 0 spiro atoms. The minimum atomic E-state index is -0.890. The van der Waals surface area contributed by atoms with E-state index in [2.05, 4.69) is 26.1 Å². The topological polar surface area (TPSA) is 83.4 Å². The third-order valence-electron chi connectivity index (χ3n) is 6.23. The summed E-state index contributed by atoms with van der Waals surface area (Å²) in [6.07, 6.45) is 0. The number of rotatable bonds is 6. The van der Waals surface area contributed by atoms with Crippen LogP contribution in [0.15, 0.2) is 75.0 Å². The highest BCUT2D eigenvalue weighted by Gasteiger charge is 2.48. The Labute approximate surface area is 251 Å². The summed E-state index contributed by atoms with van der Waals surface area (Å²) in [6, 6.07) is 17.3. The molecule has 1 saturated heterocycles. The predicted octanol–water partition coefficient (Wildman–Crippen LogP) is 8.14. The van der Waals surface area contributed by atoms with E-state index in [0.29, 0.717) is 31.3 Å².